The van der Waals surface area contributed by atoms with Crippen LogP contribution in [0.3, 0.4) is 0 Å². The Bertz CT molecular complexity index is 526. The maximum Gasteiger partial charge on any atom is 0.341 e. The average molecular weight is 258 g/mol. The molecule has 3 heteroatoms. The van der Waals surface area contributed by atoms with Crippen LogP contribution in [0.4, 0.5) is 0 Å². The summed E-state index contributed by atoms with van der Waals surface area (Å²) in [7, 11) is 0. The molecule has 0 N–H and O–H groups in total. The van der Waals surface area contributed by atoms with Crippen LogP contribution in [0.1, 0.15) is 26.3 Å². The fraction of sp³-hybridized carbons (Fsp3) is 0.312. The lowest BCUT2D eigenvalue weighted by molar-refractivity contribution is -0.138. The largest absolute Gasteiger partial charge is 0.490 e. The third-order valence-corrected chi connectivity index (χ3v) is 3.03. The molecular formula is C16H18O3. The molecule has 0 bridgehead atoms. The van der Waals surface area contributed by atoms with Crippen molar-refractivity contribution in [2.45, 2.75) is 26.9 Å². The summed E-state index contributed by atoms with van der Waals surface area (Å²) in [6, 6.07) is 9.89. The molecule has 19 heavy (non-hydrogen) atoms. The molecule has 1 aromatic rings. The van der Waals surface area contributed by atoms with Crippen LogP contribution in [0, 0.1) is 0 Å². The fourth-order valence-corrected chi connectivity index (χ4v) is 2.18. The molecule has 100 valence electrons. The Labute approximate surface area is 113 Å². The molecule has 1 heterocycles. The molecule has 1 aliphatic rings. The van der Waals surface area contributed by atoms with Crippen LogP contribution in [0.25, 0.3) is 6.08 Å². The highest BCUT2D eigenvalue weighted by Gasteiger charge is 2.31. The van der Waals surface area contributed by atoms with Gasteiger partial charge in [0.05, 0.1) is 6.61 Å². The van der Waals surface area contributed by atoms with Crippen molar-refractivity contribution in [2.24, 2.45) is 0 Å². The Morgan fingerprint density at radius 1 is 1.37 bits per heavy atom. The smallest absolute Gasteiger partial charge is 0.341 e. The first-order valence-electron chi connectivity index (χ1n) is 6.45. The molecule has 0 aliphatic carbocycles. The van der Waals surface area contributed by atoms with Crippen LogP contribution in [-0.2, 0) is 14.3 Å². The summed E-state index contributed by atoms with van der Waals surface area (Å²) in [5, 5.41) is 0. The highest BCUT2D eigenvalue weighted by atomic mass is 16.5. The van der Waals surface area contributed by atoms with Crippen molar-refractivity contribution in [3.63, 3.8) is 0 Å². The molecule has 1 unspecified atom stereocenters. The Morgan fingerprint density at radius 3 is 2.68 bits per heavy atom. The highest BCUT2D eigenvalue weighted by molar-refractivity contribution is 5.96. The third kappa shape index (κ3) is 2.87. The molecule has 0 amide bonds. The van der Waals surface area contributed by atoms with Gasteiger partial charge < -0.3 is 9.47 Å². The van der Waals surface area contributed by atoms with Crippen LogP contribution in [0.15, 0.2) is 47.2 Å². The maximum atomic E-state index is 12.0. The van der Waals surface area contributed by atoms with Gasteiger partial charge in [-0.2, -0.15) is 0 Å². The Kier molecular flexibility index (Phi) is 4.05. The van der Waals surface area contributed by atoms with E-state index >= 15 is 0 Å². The molecule has 3 nitrogen and oxygen atoms in total. The van der Waals surface area contributed by atoms with E-state index in [1.54, 1.807) is 13.8 Å². The van der Waals surface area contributed by atoms with Crippen molar-refractivity contribution in [1.29, 1.82) is 0 Å². The van der Waals surface area contributed by atoms with Gasteiger partial charge >= 0.3 is 5.97 Å². The number of carbonyl (C=O) groups is 1. The third-order valence-electron chi connectivity index (χ3n) is 3.03. The normalized spacial score (nSPS) is 20.6. The zero-order valence-electron chi connectivity index (χ0n) is 11.5. The summed E-state index contributed by atoms with van der Waals surface area (Å²) in [6.45, 7) is 5.90. The summed E-state index contributed by atoms with van der Waals surface area (Å²) in [5.74, 6) is 0.319. The highest BCUT2D eigenvalue weighted by Crippen LogP contribution is 2.32. The minimum absolute atomic E-state index is 0.125. The Balaban J connectivity index is 2.37. The number of rotatable bonds is 3. The Morgan fingerprint density at radius 2 is 2.05 bits per heavy atom. The minimum atomic E-state index is -0.313. The molecule has 0 saturated carbocycles. The van der Waals surface area contributed by atoms with Gasteiger partial charge in [-0.15, -0.1) is 0 Å². The summed E-state index contributed by atoms with van der Waals surface area (Å²) in [5.41, 5.74) is 2.48. The van der Waals surface area contributed by atoms with Crippen molar-refractivity contribution in [3.8, 4) is 0 Å². The number of carbonyl (C=O) groups excluding carboxylic acids is 1. The predicted molar refractivity (Wildman–Crippen MR) is 74.3 cm³/mol. The number of ether oxygens (including phenoxy) is 2. The summed E-state index contributed by atoms with van der Waals surface area (Å²) >= 11 is 0. The van der Waals surface area contributed by atoms with Crippen LogP contribution in [0.2, 0.25) is 0 Å². The molecule has 1 aromatic carbocycles. The van der Waals surface area contributed by atoms with E-state index in [2.05, 4.69) is 0 Å². The van der Waals surface area contributed by atoms with E-state index in [1.807, 2.05) is 43.3 Å². The zero-order chi connectivity index (χ0) is 13.8. The fourth-order valence-electron chi connectivity index (χ4n) is 2.18. The molecule has 0 spiro atoms. The van der Waals surface area contributed by atoms with Crippen molar-refractivity contribution in [1.82, 2.24) is 0 Å². The Hall–Kier alpha value is -2.03. The van der Waals surface area contributed by atoms with Crippen LogP contribution >= 0.6 is 0 Å². The molecule has 2 rings (SSSR count). The van der Waals surface area contributed by atoms with Crippen molar-refractivity contribution in [3.05, 3.63) is 52.8 Å². The molecule has 1 aliphatic heterocycles. The van der Waals surface area contributed by atoms with Crippen molar-refractivity contribution >= 4 is 12.0 Å². The van der Waals surface area contributed by atoms with Gasteiger partial charge in [-0.05, 0) is 32.4 Å². The minimum Gasteiger partial charge on any atom is -0.490 e. The molecule has 0 saturated heterocycles. The molecule has 0 radical (unpaired) electrons. The molecular weight excluding hydrogens is 240 g/mol. The maximum absolute atomic E-state index is 12.0. The molecule has 1 atom stereocenters. The number of hydrogen-bond donors (Lipinski definition) is 0. The van der Waals surface area contributed by atoms with Gasteiger partial charge in [-0.1, -0.05) is 30.3 Å². The average Bonchev–Trinajstić information content (AvgIpc) is 2.66. The van der Waals surface area contributed by atoms with Crippen molar-refractivity contribution in [2.75, 3.05) is 6.61 Å². The lowest BCUT2D eigenvalue weighted by Crippen LogP contribution is -2.11. The van der Waals surface area contributed by atoms with Gasteiger partial charge in [0.2, 0.25) is 0 Å². The van der Waals surface area contributed by atoms with E-state index in [1.165, 1.54) is 0 Å². The van der Waals surface area contributed by atoms with Gasteiger partial charge in [0.25, 0.3) is 0 Å². The van der Waals surface area contributed by atoms with Gasteiger partial charge in [0, 0.05) is 5.57 Å². The summed E-state index contributed by atoms with van der Waals surface area (Å²) in [6.07, 6.45) is 1.85. The lowest BCUT2D eigenvalue weighted by atomic mass is 10.00. The van der Waals surface area contributed by atoms with Crippen LogP contribution in [0.5, 0.6) is 0 Å². The van der Waals surface area contributed by atoms with Crippen molar-refractivity contribution < 1.29 is 14.3 Å². The quantitative estimate of drug-likeness (QED) is 0.780. The second-order valence-electron chi connectivity index (χ2n) is 4.42. The van der Waals surface area contributed by atoms with E-state index < -0.39 is 0 Å². The molecule has 0 fully saturated rings. The van der Waals surface area contributed by atoms with Gasteiger partial charge in [-0.25, -0.2) is 4.79 Å². The van der Waals surface area contributed by atoms with Gasteiger partial charge in [0.15, 0.2) is 0 Å². The SMILES string of the molecule is CCOC(=O)C1=C(C)OC(C)/C1=C/c1ccccc1. The zero-order valence-corrected chi connectivity index (χ0v) is 11.5. The van der Waals surface area contributed by atoms with E-state index in [-0.39, 0.29) is 12.1 Å². The van der Waals surface area contributed by atoms with E-state index in [0.717, 1.165) is 11.1 Å². The van der Waals surface area contributed by atoms with E-state index in [9.17, 15) is 4.79 Å². The van der Waals surface area contributed by atoms with Gasteiger partial charge in [0.1, 0.15) is 17.4 Å². The summed E-state index contributed by atoms with van der Waals surface area (Å²) in [4.78, 5) is 12.0. The molecule has 0 aromatic heterocycles. The first-order chi connectivity index (χ1) is 9.13. The second kappa shape index (κ2) is 5.74. The van der Waals surface area contributed by atoms with E-state index in [4.69, 9.17) is 9.47 Å². The standard InChI is InChI=1S/C16H18O3/c1-4-18-16(17)15-12(3)19-11(2)14(15)10-13-8-6-5-7-9-13/h5-11H,4H2,1-3H3/b14-10-. The van der Waals surface area contributed by atoms with Crippen LogP contribution < -0.4 is 0 Å². The van der Waals surface area contributed by atoms with Crippen LogP contribution in [-0.4, -0.2) is 18.7 Å². The van der Waals surface area contributed by atoms with Gasteiger partial charge in [-0.3, -0.25) is 0 Å². The topological polar surface area (TPSA) is 35.5 Å². The van der Waals surface area contributed by atoms with E-state index in [0.29, 0.717) is 17.9 Å². The second-order valence-corrected chi connectivity index (χ2v) is 4.42. The monoisotopic (exact) mass is 258 g/mol. The number of benzene rings is 1. The number of allylic oxidation sites excluding steroid dienone is 1. The first kappa shape index (κ1) is 13.4. The summed E-state index contributed by atoms with van der Waals surface area (Å²) < 4.78 is 10.7. The number of hydrogen-bond acceptors (Lipinski definition) is 3. The first-order valence-corrected chi connectivity index (χ1v) is 6.45. The number of esters is 1. The lowest BCUT2D eigenvalue weighted by Gasteiger charge is -2.08. The predicted octanol–water partition coefficient (Wildman–Crippen LogP) is 3.33.